The topological polar surface area (TPSA) is 17.1 Å². The van der Waals surface area contributed by atoms with E-state index in [0.29, 0.717) is 11.7 Å². The number of rotatable bonds is 2. The van der Waals surface area contributed by atoms with Crippen molar-refractivity contribution in [3.8, 4) is 0 Å². The number of Topliss-reactive ketones (excluding diaryl/α,β-unsaturated/α-hetero) is 1. The fourth-order valence-electron chi connectivity index (χ4n) is 3.02. The highest BCUT2D eigenvalue weighted by molar-refractivity contribution is 6.00. The summed E-state index contributed by atoms with van der Waals surface area (Å²) in [7, 11) is 0. The maximum Gasteiger partial charge on any atom is 0.166 e. The normalized spacial score (nSPS) is 22.1. The molecular formula is C18H18O. The van der Waals surface area contributed by atoms with Crippen LogP contribution in [0.1, 0.15) is 28.4 Å². The quantitative estimate of drug-likeness (QED) is 0.789. The molecule has 0 bridgehead atoms. The van der Waals surface area contributed by atoms with Gasteiger partial charge in [0, 0.05) is 11.5 Å². The summed E-state index contributed by atoms with van der Waals surface area (Å²) in [4.78, 5) is 12.4. The third kappa shape index (κ3) is 2.33. The molecule has 0 saturated carbocycles. The monoisotopic (exact) mass is 250 g/mol. The van der Waals surface area contributed by atoms with Gasteiger partial charge in [-0.05, 0) is 29.9 Å². The lowest BCUT2D eigenvalue weighted by Crippen LogP contribution is -2.30. The van der Waals surface area contributed by atoms with Crippen LogP contribution in [0.3, 0.4) is 0 Å². The van der Waals surface area contributed by atoms with Crippen LogP contribution in [-0.4, -0.2) is 5.78 Å². The van der Waals surface area contributed by atoms with Crippen LogP contribution in [0.4, 0.5) is 0 Å². The summed E-state index contributed by atoms with van der Waals surface area (Å²) >= 11 is 0. The van der Waals surface area contributed by atoms with Crippen LogP contribution < -0.4 is 0 Å². The largest absolute Gasteiger partial charge is 0.294 e. The zero-order valence-corrected chi connectivity index (χ0v) is 11.2. The first-order chi connectivity index (χ1) is 9.25. The predicted octanol–water partition coefficient (Wildman–Crippen LogP) is 3.92. The van der Waals surface area contributed by atoms with Gasteiger partial charge in [-0.2, -0.15) is 0 Å². The van der Waals surface area contributed by atoms with Crippen molar-refractivity contribution in [1.82, 2.24) is 0 Å². The van der Waals surface area contributed by atoms with Gasteiger partial charge in [-0.1, -0.05) is 61.5 Å². The molecule has 1 aliphatic rings. The molecule has 0 heterocycles. The number of carbonyl (C=O) groups excluding carboxylic acids is 1. The smallest absolute Gasteiger partial charge is 0.166 e. The molecule has 1 heteroatoms. The summed E-state index contributed by atoms with van der Waals surface area (Å²) < 4.78 is 0. The van der Waals surface area contributed by atoms with Gasteiger partial charge in [-0.15, -0.1) is 0 Å². The number of carbonyl (C=O) groups is 1. The van der Waals surface area contributed by atoms with Gasteiger partial charge in [0.05, 0.1) is 0 Å². The van der Waals surface area contributed by atoms with Crippen LogP contribution in [0.25, 0.3) is 0 Å². The molecule has 0 aromatic heterocycles. The molecule has 1 aliphatic carbocycles. The number of hydrogen-bond acceptors (Lipinski definition) is 1. The Bertz CT molecular complexity index is 586. The van der Waals surface area contributed by atoms with Crippen LogP contribution in [0.5, 0.6) is 0 Å². The molecule has 2 atom stereocenters. The third-order valence-electron chi connectivity index (χ3n) is 4.23. The molecule has 2 aromatic rings. The number of benzene rings is 2. The molecule has 2 unspecified atom stereocenters. The van der Waals surface area contributed by atoms with E-state index in [1.54, 1.807) is 0 Å². The van der Waals surface area contributed by atoms with Gasteiger partial charge >= 0.3 is 0 Å². The van der Waals surface area contributed by atoms with E-state index in [1.165, 1.54) is 11.1 Å². The molecule has 3 rings (SSSR count). The Morgan fingerprint density at radius 1 is 1.00 bits per heavy atom. The Kier molecular flexibility index (Phi) is 3.20. The fraction of sp³-hybridized carbons (Fsp3) is 0.278. The highest BCUT2D eigenvalue weighted by Gasteiger charge is 2.31. The summed E-state index contributed by atoms with van der Waals surface area (Å²) in [6.45, 7) is 2.08. The Morgan fingerprint density at radius 2 is 1.68 bits per heavy atom. The van der Waals surface area contributed by atoms with E-state index in [0.717, 1.165) is 18.4 Å². The lowest BCUT2D eigenvalue weighted by molar-refractivity contribution is 0.0868. The molecular weight excluding hydrogens is 232 g/mol. The van der Waals surface area contributed by atoms with Crippen LogP contribution >= 0.6 is 0 Å². The van der Waals surface area contributed by atoms with E-state index < -0.39 is 0 Å². The van der Waals surface area contributed by atoms with Crippen molar-refractivity contribution in [2.75, 3.05) is 0 Å². The van der Waals surface area contributed by atoms with E-state index in [-0.39, 0.29) is 5.92 Å². The molecule has 0 spiro atoms. The average Bonchev–Trinajstić information content (AvgIpc) is 2.46. The van der Waals surface area contributed by atoms with Gasteiger partial charge in [-0.25, -0.2) is 0 Å². The lowest BCUT2D eigenvalue weighted by atomic mass is 9.73. The Morgan fingerprint density at radius 3 is 2.47 bits per heavy atom. The van der Waals surface area contributed by atoms with Gasteiger partial charge in [0.15, 0.2) is 5.78 Å². The number of hydrogen-bond donors (Lipinski definition) is 0. The highest BCUT2D eigenvalue weighted by atomic mass is 16.1. The van der Waals surface area contributed by atoms with Crippen molar-refractivity contribution in [3.05, 3.63) is 71.3 Å². The molecule has 1 nitrogen and oxygen atoms in total. The first-order valence-electron chi connectivity index (χ1n) is 6.92. The predicted molar refractivity (Wildman–Crippen MR) is 77.3 cm³/mol. The van der Waals surface area contributed by atoms with Crippen molar-refractivity contribution in [2.45, 2.75) is 19.8 Å². The molecule has 2 aromatic carbocycles. The van der Waals surface area contributed by atoms with Gasteiger partial charge in [-0.3, -0.25) is 4.79 Å². The zero-order chi connectivity index (χ0) is 13.2. The number of ketones is 1. The zero-order valence-electron chi connectivity index (χ0n) is 11.2. The first-order valence-corrected chi connectivity index (χ1v) is 6.92. The van der Waals surface area contributed by atoms with Gasteiger partial charge in [0.2, 0.25) is 0 Å². The Hall–Kier alpha value is -1.89. The van der Waals surface area contributed by atoms with Crippen LogP contribution in [0.15, 0.2) is 54.6 Å². The van der Waals surface area contributed by atoms with E-state index in [9.17, 15) is 4.79 Å². The summed E-state index contributed by atoms with van der Waals surface area (Å²) in [5.41, 5.74) is 3.47. The lowest BCUT2D eigenvalue weighted by Gasteiger charge is -2.29. The van der Waals surface area contributed by atoms with Gasteiger partial charge < -0.3 is 0 Å². The second-order valence-corrected chi connectivity index (χ2v) is 5.46. The minimum atomic E-state index is 0.120. The maximum atomic E-state index is 12.4. The Labute approximate surface area is 114 Å². The summed E-state index contributed by atoms with van der Waals surface area (Å²) in [5.74, 6) is 0.850. The van der Waals surface area contributed by atoms with E-state index in [2.05, 4.69) is 37.3 Å². The molecule has 19 heavy (non-hydrogen) atoms. The molecule has 0 amide bonds. The molecule has 0 radical (unpaired) electrons. The first kappa shape index (κ1) is 12.2. The van der Waals surface area contributed by atoms with E-state index in [4.69, 9.17) is 0 Å². The van der Waals surface area contributed by atoms with Crippen molar-refractivity contribution in [1.29, 1.82) is 0 Å². The molecule has 0 N–H and O–H groups in total. The molecule has 96 valence electrons. The summed E-state index contributed by atoms with van der Waals surface area (Å²) in [5, 5.41) is 0. The number of fused-ring (bicyclic) bond motifs is 1. The summed E-state index contributed by atoms with van der Waals surface area (Å²) in [6, 6.07) is 18.5. The van der Waals surface area contributed by atoms with Gasteiger partial charge in [0.1, 0.15) is 0 Å². The van der Waals surface area contributed by atoms with Crippen molar-refractivity contribution < 1.29 is 4.79 Å². The SMILES string of the molecule is CC1C(=O)c2ccccc2CC1Cc1ccccc1. The Balaban J connectivity index is 1.87. The highest BCUT2D eigenvalue weighted by Crippen LogP contribution is 2.32. The minimum absolute atomic E-state index is 0.120. The molecule has 0 aliphatic heterocycles. The third-order valence-corrected chi connectivity index (χ3v) is 4.23. The van der Waals surface area contributed by atoms with Crippen molar-refractivity contribution in [2.24, 2.45) is 11.8 Å². The summed E-state index contributed by atoms with van der Waals surface area (Å²) in [6.07, 6.45) is 2.00. The van der Waals surface area contributed by atoms with Crippen LogP contribution in [-0.2, 0) is 12.8 Å². The van der Waals surface area contributed by atoms with Crippen LogP contribution in [0.2, 0.25) is 0 Å². The standard InChI is InChI=1S/C18H18O/c1-13-16(11-14-7-3-2-4-8-14)12-15-9-5-6-10-17(15)18(13)19/h2-10,13,16H,11-12H2,1H3. The van der Waals surface area contributed by atoms with Crippen LogP contribution in [0, 0.1) is 11.8 Å². The maximum absolute atomic E-state index is 12.4. The van der Waals surface area contributed by atoms with Crippen molar-refractivity contribution in [3.63, 3.8) is 0 Å². The minimum Gasteiger partial charge on any atom is -0.294 e. The molecule has 0 saturated heterocycles. The second-order valence-electron chi connectivity index (χ2n) is 5.46. The van der Waals surface area contributed by atoms with E-state index in [1.807, 2.05) is 24.3 Å². The molecule has 0 fully saturated rings. The second kappa shape index (κ2) is 5.00. The average molecular weight is 250 g/mol. The van der Waals surface area contributed by atoms with Gasteiger partial charge in [0.25, 0.3) is 0 Å². The van der Waals surface area contributed by atoms with Crippen molar-refractivity contribution >= 4 is 5.78 Å². The fourth-order valence-corrected chi connectivity index (χ4v) is 3.02. The van der Waals surface area contributed by atoms with E-state index >= 15 is 0 Å².